The summed E-state index contributed by atoms with van der Waals surface area (Å²) in [6, 6.07) is 14.5. The number of hydrogen-bond donors (Lipinski definition) is 2. The highest BCUT2D eigenvalue weighted by molar-refractivity contribution is 6.39. The van der Waals surface area contributed by atoms with E-state index in [1.165, 1.54) is 6.21 Å². The van der Waals surface area contributed by atoms with Gasteiger partial charge in [0.2, 0.25) is 0 Å². The molecule has 0 saturated carbocycles. The summed E-state index contributed by atoms with van der Waals surface area (Å²) in [4.78, 5) is 23.7. The van der Waals surface area contributed by atoms with E-state index < -0.39 is 11.8 Å². The van der Waals surface area contributed by atoms with Gasteiger partial charge in [0.15, 0.2) is 0 Å². The maximum absolute atomic E-state index is 11.9. The predicted octanol–water partition coefficient (Wildman–Crippen LogP) is 3.26. The molecule has 0 heterocycles. The van der Waals surface area contributed by atoms with Crippen LogP contribution in [0.5, 0.6) is 5.75 Å². The molecule has 0 aliphatic carbocycles. The molecule has 6 nitrogen and oxygen atoms in total. The normalized spacial score (nSPS) is 10.5. The van der Waals surface area contributed by atoms with E-state index in [2.05, 4.69) is 22.8 Å². The molecule has 0 aliphatic heterocycles. The minimum absolute atomic E-state index is 0.510. The largest absolute Gasteiger partial charge is 0.494 e. The second-order valence-electron chi connectivity index (χ2n) is 5.74. The SMILES string of the molecule is CCCCOc1ccc(NC(=O)C(=O)N/N=C\c2ccccc2C)cc1. The molecule has 6 heteroatoms. The summed E-state index contributed by atoms with van der Waals surface area (Å²) in [5.41, 5.74) is 4.62. The van der Waals surface area contributed by atoms with Gasteiger partial charge in [0.25, 0.3) is 0 Å². The molecule has 0 aromatic heterocycles. The highest BCUT2D eigenvalue weighted by Gasteiger charge is 2.12. The molecule has 2 rings (SSSR count). The van der Waals surface area contributed by atoms with Crippen molar-refractivity contribution in [3.8, 4) is 5.75 Å². The molecule has 136 valence electrons. The molecule has 0 spiro atoms. The third-order valence-electron chi connectivity index (χ3n) is 3.64. The molecule has 26 heavy (non-hydrogen) atoms. The second-order valence-corrected chi connectivity index (χ2v) is 5.74. The van der Waals surface area contributed by atoms with E-state index in [4.69, 9.17) is 4.74 Å². The number of unbranched alkanes of at least 4 members (excludes halogenated alkanes) is 1. The number of nitrogens with zero attached hydrogens (tertiary/aromatic N) is 1. The van der Waals surface area contributed by atoms with Crippen LogP contribution in [0.3, 0.4) is 0 Å². The van der Waals surface area contributed by atoms with E-state index in [0.717, 1.165) is 29.7 Å². The Labute approximate surface area is 153 Å². The molecular formula is C20H23N3O3. The lowest BCUT2D eigenvalue weighted by Gasteiger charge is -2.07. The fourth-order valence-corrected chi connectivity index (χ4v) is 2.10. The lowest BCUT2D eigenvalue weighted by Crippen LogP contribution is -2.32. The molecule has 0 unspecified atom stereocenters. The van der Waals surface area contributed by atoms with Crippen molar-refractivity contribution >= 4 is 23.7 Å². The van der Waals surface area contributed by atoms with Crippen LogP contribution in [-0.2, 0) is 9.59 Å². The minimum Gasteiger partial charge on any atom is -0.494 e. The number of carbonyl (C=O) groups is 2. The maximum atomic E-state index is 11.9. The van der Waals surface area contributed by atoms with Gasteiger partial charge in [0.1, 0.15) is 5.75 Å². The molecule has 0 atom stereocenters. The summed E-state index contributed by atoms with van der Waals surface area (Å²) in [5, 5.41) is 6.33. The number of ether oxygens (including phenoxy) is 1. The lowest BCUT2D eigenvalue weighted by molar-refractivity contribution is -0.136. The molecule has 0 aliphatic rings. The Morgan fingerprint density at radius 2 is 1.81 bits per heavy atom. The first-order valence-electron chi connectivity index (χ1n) is 8.53. The Bertz CT molecular complexity index is 770. The van der Waals surface area contributed by atoms with Gasteiger partial charge < -0.3 is 10.1 Å². The standard InChI is InChI=1S/C20H23N3O3/c1-3-4-13-26-18-11-9-17(10-12-18)22-19(24)20(25)23-21-14-16-8-6-5-7-15(16)2/h5-12,14H,3-4,13H2,1-2H3,(H,22,24)(H,23,25)/b21-14-. The van der Waals surface area contributed by atoms with Crippen molar-refractivity contribution in [1.82, 2.24) is 5.43 Å². The maximum Gasteiger partial charge on any atom is 0.329 e. The average Bonchev–Trinajstić information content (AvgIpc) is 2.65. The molecule has 0 bridgehead atoms. The van der Waals surface area contributed by atoms with Crippen molar-refractivity contribution in [1.29, 1.82) is 0 Å². The summed E-state index contributed by atoms with van der Waals surface area (Å²) in [6.07, 6.45) is 3.56. The minimum atomic E-state index is -0.835. The van der Waals surface area contributed by atoms with Crippen LogP contribution in [0.2, 0.25) is 0 Å². The number of amides is 2. The average molecular weight is 353 g/mol. The van der Waals surface area contributed by atoms with Crippen LogP contribution < -0.4 is 15.5 Å². The van der Waals surface area contributed by atoms with Crippen LogP contribution in [0.4, 0.5) is 5.69 Å². The Hall–Kier alpha value is -3.15. The molecule has 0 fully saturated rings. The van der Waals surface area contributed by atoms with Gasteiger partial charge in [-0.15, -0.1) is 0 Å². The fourth-order valence-electron chi connectivity index (χ4n) is 2.10. The summed E-state index contributed by atoms with van der Waals surface area (Å²) < 4.78 is 5.55. The van der Waals surface area contributed by atoms with Crippen LogP contribution in [0.25, 0.3) is 0 Å². The van der Waals surface area contributed by atoms with Crippen LogP contribution >= 0.6 is 0 Å². The predicted molar refractivity (Wildman–Crippen MR) is 102 cm³/mol. The number of benzene rings is 2. The van der Waals surface area contributed by atoms with E-state index in [9.17, 15) is 9.59 Å². The summed E-state index contributed by atoms with van der Waals surface area (Å²) in [5.74, 6) is -0.895. The van der Waals surface area contributed by atoms with Gasteiger partial charge in [-0.2, -0.15) is 5.10 Å². The van der Waals surface area contributed by atoms with Crippen molar-refractivity contribution in [2.75, 3.05) is 11.9 Å². The number of hydrazone groups is 1. The van der Waals surface area contributed by atoms with Gasteiger partial charge in [0.05, 0.1) is 12.8 Å². The van der Waals surface area contributed by atoms with Gasteiger partial charge in [0, 0.05) is 5.69 Å². The molecule has 0 radical (unpaired) electrons. The summed E-state index contributed by atoms with van der Waals surface area (Å²) in [7, 11) is 0. The number of hydrogen-bond acceptors (Lipinski definition) is 4. The van der Waals surface area contributed by atoms with Crippen LogP contribution in [-0.4, -0.2) is 24.6 Å². The monoisotopic (exact) mass is 353 g/mol. The third kappa shape index (κ3) is 6.05. The number of aryl methyl sites for hydroxylation is 1. The highest BCUT2D eigenvalue weighted by atomic mass is 16.5. The van der Waals surface area contributed by atoms with Gasteiger partial charge in [-0.25, -0.2) is 5.43 Å². The van der Waals surface area contributed by atoms with Crippen LogP contribution in [0.15, 0.2) is 53.6 Å². The van der Waals surface area contributed by atoms with E-state index >= 15 is 0 Å². The van der Waals surface area contributed by atoms with Gasteiger partial charge in [-0.05, 0) is 48.7 Å². The zero-order valence-electron chi connectivity index (χ0n) is 15.0. The number of anilines is 1. The van der Waals surface area contributed by atoms with Crippen molar-refractivity contribution in [3.63, 3.8) is 0 Å². The van der Waals surface area contributed by atoms with Crippen molar-refractivity contribution in [3.05, 3.63) is 59.7 Å². The Balaban J connectivity index is 1.83. The number of carbonyl (C=O) groups excluding carboxylic acids is 2. The smallest absolute Gasteiger partial charge is 0.329 e. The fraction of sp³-hybridized carbons (Fsp3) is 0.250. The molecule has 0 saturated heterocycles. The zero-order valence-corrected chi connectivity index (χ0v) is 15.0. The van der Waals surface area contributed by atoms with Gasteiger partial charge in [-0.1, -0.05) is 37.6 Å². The summed E-state index contributed by atoms with van der Waals surface area (Å²) >= 11 is 0. The Morgan fingerprint density at radius 1 is 1.08 bits per heavy atom. The molecule has 2 amide bonds. The molecular weight excluding hydrogens is 330 g/mol. The first-order valence-corrected chi connectivity index (χ1v) is 8.53. The first kappa shape index (κ1) is 19.2. The quantitative estimate of drug-likeness (QED) is 0.347. The van der Waals surface area contributed by atoms with Crippen molar-refractivity contribution in [2.45, 2.75) is 26.7 Å². The van der Waals surface area contributed by atoms with E-state index in [0.29, 0.717) is 12.3 Å². The Kier molecular flexibility index (Phi) is 7.36. The molecule has 2 aromatic rings. The highest BCUT2D eigenvalue weighted by Crippen LogP contribution is 2.16. The third-order valence-corrected chi connectivity index (χ3v) is 3.64. The van der Waals surface area contributed by atoms with Crippen molar-refractivity contribution in [2.24, 2.45) is 5.10 Å². The molecule has 2 aromatic carbocycles. The summed E-state index contributed by atoms with van der Waals surface area (Å²) in [6.45, 7) is 4.69. The van der Waals surface area contributed by atoms with Gasteiger partial charge >= 0.3 is 11.8 Å². The topological polar surface area (TPSA) is 79.8 Å². The number of nitrogens with one attached hydrogen (secondary N) is 2. The van der Waals surface area contributed by atoms with E-state index in [1.807, 2.05) is 31.2 Å². The zero-order chi connectivity index (χ0) is 18.8. The second kappa shape index (κ2) is 9.98. The molecule has 2 N–H and O–H groups in total. The first-order chi connectivity index (χ1) is 12.6. The van der Waals surface area contributed by atoms with Crippen LogP contribution in [0.1, 0.15) is 30.9 Å². The van der Waals surface area contributed by atoms with Crippen molar-refractivity contribution < 1.29 is 14.3 Å². The Morgan fingerprint density at radius 3 is 2.50 bits per heavy atom. The van der Waals surface area contributed by atoms with E-state index in [1.54, 1.807) is 24.3 Å². The van der Waals surface area contributed by atoms with Crippen LogP contribution in [0, 0.1) is 6.92 Å². The van der Waals surface area contributed by atoms with E-state index in [-0.39, 0.29) is 0 Å². The lowest BCUT2D eigenvalue weighted by atomic mass is 10.1. The number of rotatable bonds is 7. The van der Waals surface area contributed by atoms with Gasteiger partial charge in [-0.3, -0.25) is 9.59 Å².